The van der Waals surface area contributed by atoms with Crippen molar-refractivity contribution in [2.45, 2.75) is 52.2 Å². The van der Waals surface area contributed by atoms with Crippen molar-refractivity contribution in [3.05, 3.63) is 82.9 Å². The number of halogens is 2. The van der Waals surface area contributed by atoms with E-state index in [9.17, 15) is 9.50 Å². The molecule has 4 heterocycles. The van der Waals surface area contributed by atoms with Crippen LogP contribution in [0.1, 0.15) is 55.3 Å². The van der Waals surface area contributed by atoms with Crippen LogP contribution in [0, 0.1) is 31.4 Å². The molecule has 1 saturated heterocycles. The van der Waals surface area contributed by atoms with E-state index in [1.165, 1.54) is 6.07 Å². The van der Waals surface area contributed by atoms with Crippen molar-refractivity contribution in [3.8, 4) is 11.1 Å². The summed E-state index contributed by atoms with van der Waals surface area (Å²) in [4.78, 5) is 4.89. The molecule has 2 aromatic carbocycles. The Morgan fingerprint density at radius 2 is 1.79 bits per heavy atom. The Kier molecular flexibility index (Phi) is 6.27. The molecule has 1 atom stereocenters. The maximum atomic E-state index is 15.6. The lowest BCUT2D eigenvalue weighted by atomic mass is 9.86. The summed E-state index contributed by atoms with van der Waals surface area (Å²) in [6, 6.07) is 11.2. The average Bonchev–Trinajstić information content (AvgIpc) is 3.41. The van der Waals surface area contributed by atoms with Gasteiger partial charge in [0.15, 0.2) is 0 Å². The van der Waals surface area contributed by atoms with Gasteiger partial charge in [-0.1, -0.05) is 23.4 Å². The quantitative estimate of drug-likeness (QED) is 0.265. The topological polar surface area (TPSA) is 73.3 Å². The minimum Gasteiger partial charge on any atom is -0.386 e. The van der Waals surface area contributed by atoms with Crippen molar-refractivity contribution >= 4 is 21.9 Å². The Hall–Kier alpha value is -3.62. The monoisotopic (exact) mass is 531 g/mol. The van der Waals surface area contributed by atoms with Crippen LogP contribution < -0.4 is 0 Å². The van der Waals surface area contributed by atoms with Gasteiger partial charge >= 0.3 is 0 Å². The molecule has 1 fully saturated rings. The second-order valence-corrected chi connectivity index (χ2v) is 11.0. The highest BCUT2D eigenvalue weighted by atomic mass is 19.1. The molecule has 0 radical (unpaired) electrons. The van der Waals surface area contributed by atoms with Gasteiger partial charge in [0.05, 0.1) is 33.9 Å². The lowest BCUT2D eigenvalue weighted by molar-refractivity contribution is 0.0548. The Morgan fingerprint density at radius 1 is 1.03 bits per heavy atom. The van der Waals surface area contributed by atoms with E-state index in [2.05, 4.69) is 9.72 Å². The number of benzene rings is 2. The summed E-state index contributed by atoms with van der Waals surface area (Å²) in [5.74, 6) is -0.483. The molecular formula is C31H31F2N3O3. The van der Waals surface area contributed by atoms with E-state index in [0.29, 0.717) is 24.5 Å². The highest BCUT2D eigenvalue weighted by molar-refractivity contribution is 6.07. The molecule has 6 nitrogen and oxygen atoms in total. The predicted molar refractivity (Wildman–Crippen MR) is 145 cm³/mol. The SMILES string of the molecule is Cc1noc(C)c1-c1cnc2c3ccc(C(C)(C)O)cc3n([C@H](c3ccc(F)cc3F)C3CCOCC3)c2c1. The highest BCUT2D eigenvalue weighted by Crippen LogP contribution is 2.43. The lowest BCUT2D eigenvalue weighted by Gasteiger charge is -2.33. The lowest BCUT2D eigenvalue weighted by Crippen LogP contribution is -2.27. The third-order valence-corrected chi connectivity index (χ3v) is 7.94. The number of ether oxygens (including phenoxy) is 1. The minimum atomic E-state index is -1.08. The van der Waals surface area contributed by atoms with E-state index in [1.54, 1.807) is 19.9 Å². The van der Waals surface area contributed by atoms with Gasteiger partial charge in [0, 0.05) is 47.6 Å². The number of pyridine rings is 1. The van der Waals surface area contributed by atoms with Crippen LogP contribution in [-0.4, -0.2) is 33.0 Å². The summed E-state index contributed by atoms with van der Waals surface area (Å²) in [5, 5.41) is 15.9. The van der Waals surface area contributed by atoms with Gasteiger partial charge in [-0.15, -0.1) is 0 Å². The number of hydrogen-bond donors (Lipinski definition) is 1. The molecule has 39 heavy (non-hydrogen) atoms. The average molecular weight is 532 g/mol. The van der Waals surface area contributed by atoms with Crippen molar-refractivity contribution < 1.29 is 23.1 Å². The molecule has 3 aromatic heterocycles. The van der Waals surface area contributed by atoms with E-state index in [4.69, 9.17) is 14.2 Å². The second-order valence-electron chi connectivity index (χ2n) is 11.0. The normalized spacial score (nSPS) is 15.9. The zero-order chi connectivity index (χ0) is 27.5. The molecular weight excluding hydrogens is 500 g/mol. The molecule has 0 saturated carbocycles. The Morgan fingerprint density at radius 3 is 2.46 bits per heavy atom. The third-order valence-electron chi connectivity index (χ3n) is 7.94. The Labute approximate surface area is 225 Å². The van der Waals surface area contributed by atoms with Crippen LogP contribution in [0.5, 0.6) is 0 Å². The summed E-state index contributed by atoms with van der Waals surface area (Å²) >= 11 is 0. The zero-order valence-electron chi connectivity index (χ0n) is 22.5. The summed E-state index contributed by atoms with van der Waals surface area (Å²) in [6.45, 7) is 8.37. The smallest absolute Gasteiger partial charge is 0.141 e. The van der Waals surface area contributed by atoms with E-state index in [1.807, 2.05) is 44.3 Å². The molecule has 1 aliphatic heterocycles. The molecule has 0 unspecified atom stereocenters. The fraction of sp³-hybridized carbons (Fsp3) is 0.355. The van der Waals surface area contributed by atoms with Crippen LogP contribution >= 0.6 is 0 Å². The van der Waals surface area contributed by atoms with E-state index in [0.717, 1.165) is 63.2 Å². The third kappa shape index (κ3) is 4.41. The van der Waals surface area contributed by atoms with Crippen LogP contribution in [-0.2, 0) is 10.3 Å². The molecule has 1 aliphatic rings. The minimum absolute atomic E-state index is 0.0334. The van der Waals surface area contributed by atoms with Gasteiger partial charge in [-0.3, -0.25) is 4.98 Å². The van der Waals surface area contributed by atoms with Crippen LogP contribution in [0.4, 0.5) is 8.78 Å². The van der Waals surface area contributed by atoms with Gasteiger partial charge in [0.25, 0.3) is 0 Å². The molecule has 0 amide bonds. The van der Waals surface area contributed by atoms with Gasteiger partial charge in [-0.05, 0) is 70.2 Å². The van der Waals surface area contributed by atoms with Gasteiger partial charge in [-0.2, -0.15) is 0 Å². The standard InChI is InChI=1S/C31H31F2N3O3/c1-17-28(18(2)39-35-17)20-13-27-29(34-16-20)24-7-5-21(31(3,4)37)14-26(24)36(27)30(19-9-11-38-12-10-19)23-8-6-22(32)15-25(23)33/h5-8,13-16,19,30,37H,9-12H2,1-4H3/t30-/m0/s1. The fourth-order valence-electron chi connectivity index (χ4n) is 5.99. The van der Waals surface area contributed by atoms with Crippen molar-refractivity contribution in [2.24, 2.45) is 5.92 Å². The largest absolute Gasteiger partial charge is 0.386 e. The molecule has 8 heteroatoms. The summed E-state index contributed by atoms with van der Waals surface area (Å²) in [7, 11) is 0. The summed E-state index contributed by atoms with van der Waals surface area (Å²) < 4.78 is 42.8. The van der Waals surface area contributed by atoms with Crippen LogP contribution in [0.2, 0.25) is 0 Å². The van der Waals surface area contributed by atoms with Gasteiger partial charge in [0.2, 0.25) is 0 Å². The summed E-state index contributed by atoms with van der Waals surface area (Å²) in [6.07, 6.45) is 3.26. The molecule has 202 valence electrons. The molecule has 1 N–H and O–H groups in total. The van der Waals surface area contributed by atoms with Crippen molar-refractivity contribution in [2.75, 3.05) is 13.2 Å². The number of rotatable bonds is 5. The van der Waals surface area contributed by atoms with Crippen LogP contribution in [0.15, 0.2) is 53.2 Å². The van der Waals surface area contributed by atoms with Crippen molar-refractivity contribution in [1.82, 2.24) is 14.7 Å². The van der Waals surface area contributed by atoms with E-state index >= 15 is 4.39 Å². The molecule has 5 aromatic rings. The predicted octanol–water partition coefficient (Wildman–Crippen LogP) is 6.98. The first-order valence-electron chi connectivity index (χ1n) is 13.3. The van der Waals surface area contributed by atoms with Gasteiger partial charge < -0.3 is 18.9 Å². The molecule has 0 bridgehead atoms. The van der Waals surface area contributed by atoms with Gasteiger partial charge in [-0.25, -0.2) is 8.78 Å². The first-order valence-corrected chi connectivity index (χ1v) is 13.3. The number of hydrogen-bond acceptors (Lipinski definition) is 5. The molecule has 0 aliphatic carbocycles. The van der Waals surface area contributed by atoms with Crippen LogP contribution in [0.3, 0.4) is 0 Å². The second kappa shape index (κ2) is 9.54. The van der Waals surface area contributed by atoms with E-state index < -0.39 is 23.3 Å². The number of nitrogens with zero attached hydrogens (tertiary/aromatic N) is 3. The zero-order valence-corrected chi connectivity index (χ0v) is 22.5. The Bertz CT molecular complexity index is 1670. The number of fused-ring (bicyclic) bond motifs is 3. The maximum absolute atomic E-state index is 15.6. The maximum Gasteiger partial charge on any atom is 0.141 e. The Balaban J connectivity index is 1.71. The van der Waals surface area contributed by atoms with Gasteiger partial charge in [0.1, 0.15) is 17.4 Å². The molecule has 6 rings (SSSR count). The number of aliphatic hydroxyl groups is 1. The van der Waals surface area contributed by atoms with Crippen molar-refractivity contribution in [3.63, 3.8) is 0 Å². The van der Waals surface area contributed by atoms with Crippen LogP contribution in [0.25, 0.3) is 33.1 Å². The fourth-order valence-corrected chi connectivity index (χ4v) is 5.99. The first kappa shape index (κ1) is 25.6. The number of aryl methyl sites for hydroxylation is 2. The highest BCUT2D eigenvalue weighted by Gasteiger charge is 2.33. The number of aromatic nitrogens is 3. The summed E-state index contributed by atoms with van der Waals surface area (Å²) in [5.41, 5.74) is 4.94. The first-order chi connectivity index (χ1) is 18.6. The molecule has 0 spiro atoms. The van der Waals surface area contributed by atoms with E-state index in [-0.39, 0.29) is 5.92 Å². The van der Waals surface area contributed by atoms with Crippen molar-refractivity contribution in [1.29, 1.82) is 0 Å².